The molecule has 2 aromatic heterocycles. The number of anilines is 2. The normalized spacial score (nSPS) is 24.0. The number of aromatic nitrogens is 2. The van der Waals surface area contributed by atoms with Crippen molar-refractivity contribution in [1.82, 2.24) is 20.6 Å². The number of carbonyl (C=O) groups excluding carboxylic acids is 2. The SMILES string of the molecule is Cc1c(OC[C@@H]2CCN2)ncc2c1CC(CNCCC1CN(c3ccc4c(n3)NC(=O)CO4)C(=O)O1)C2. The number of carbonyl (C=O) groups is 2. The minimum absolute atomic E-state index is 0.0357. The minimum atomic E-state index is -0.430. The van der Waals surface area contributed by atoms with E-state index < -0.39 is 6.09 Å². The summed E-state index contributed by atoms with van der Waals surface area (Å²) >= 11 is 0. The smallest absolute Gasteiger partial charge is 0.415 e. The molecule has 0 saturated carbocycles. The largest absolute Gasteiger partial charge is 0.480 e. The van der Waals surface area contributed by atoms with E-state index >= 15 is 0 Å². The number of ether oxygens (including phenoxy) is 3. The Bertz CT molecular complexity index is 1200. The van der Waals surface area contributed by atoms with Gasteiger partial charge in [-0.1, -0.05) is 0 Å². The quantitative estimate of drug-likeness (QED) is 0.433. The van der Waals surface area contributed by atoms with Crippen LogP contribution in [0.1, 0.15) is 29.5 Å². The zero-order valence-corrected chi connectivity index (χ0v) is 20.9. The van der Waals surface area contributed by atoms with Crippen molar-refractivity contribution in [3.63, 3.8) is 0 Å². The Hall–Kier alpha value is -3.44. The molecule has 11 nitrogen and oxygen atoms in total. The minimum Gasteiger partial charge on any atom is -0.480 e. The van der Waals surface area contributed by atoms with Crippen LogP contribution in [0.5, 0.6) is 11.6 Å². The fraction of sp³-hybridized carbons (Fsp3) is 0.538. The van der Waals surface area contributed by atoms with Gasteiger partial charge in [-0.25, -0.2) is 14.8 Å². The monoisotopic (exact) mass is 508 g/mol. The number of hydrogen-bond donors (Lipinski definition) is 3. The highest BCUT2D eigenvalue weighted by Gasteiger charge is 2.34. The summed E-state index contributed by atoms with van der Waals surface area (Å²) in [5, 5.41) is 9.57. The van der Waals surface area contributed by atoms with Crippen LogP contribution in [0, 0.1) is 12.8 Å². The van der Waals surface area contributed by atoms with Crippen LogP contribution in [0.25, 0.3) is 0 Å². The number of amides is 2. The van der Waals surface area contributed by atoms with Gasteiger partial charge in [0.2, 0.25) is 5.88 Å². The molecular weight excluding hydrogens is 476 g/mol. The van der Waals surface area contributed by atoms with Crippen LogP contribution < -0.4 is 30.3 Å². The Labute approximate surface area is 215 Å². The Morgan fingerprint density at radius 1 is 1.27 bits per heavy atom. The molecule has 0 bridgehead atoms. The first kappa shape index (κ1) is 23.9. The van der Waals surface area contributed by atoms with Gasteiger partial charge >= 0.3 is 6.09 Å². The van der Waals surface area contributed by atoms with Crippen LogP contribution in [0.2, 0.25) is 0 Å². The zero-order valence-electron chi connectivity index (χ0n) is 20.9. The van der Waals surface area contributed by atoms with Crippen molar-refractivity contribution in [3.8, 4) is 11.6 Å². The van der Waals surface area contributed by atoms with Gasteiger partial charge < -0.3 is 30.2 Å². The summed E-state index contributed by atoms with van der Waals surface area (Å²) in [5.74, 6) is 2.26. The molecule has 6 rings (SSSR count). The van der Waals surface area contributed by atoms with E-state index in [1.165, 1.54) is 21.6 Å². The van der Waals surface area contributed by atoms with Crippen LogP contribution in [-0.4, -0.2) is 73.5 Å². The lowest BCUT2D eigenvalue weighted by atomic mass is 10.0. The molecule has 1 aliphatic carbocycles. The third-order valence-corrected chi connectivity index (χ3v) is 7.53. The van der Waals surface area contributed by atoms with Gasteiger partial charge in [0.15, 0.2) is 18.2 Å². The number of nitrogens with zero attached hydrogens (tertiary/aromatic N) is 3. The topological polar surface area (TPSA) is 127 Å². The van der Waals surface area contributed by atoms with Gasteiger partial charge in [0, 0.05) is 17.8 Å². The second-order valence-corrected chi connectivity index (χ2v) is 10.2. The second kappa shape index (κ2) is 10.1. The highest BCUT2D eigenvalue weighted by Crippen LogP contribution is 2.33. The van der Waals surface area contributed by atoms with Gasteiger partial charge in [0.05, 0.1) is 6.54 Å². The third-order valence-electron chi connectivity index (χ3n) is 7.53. The highest BCUT2D eigenvalue weighted by molar-refractivity contribution is 5.95. The lowest BCUT2D eigenvalue weighted by Gasteiger charge is -2.27. The molecule has 11 heteroatoms. The molecule has 196 valence electrons. The van der Waals surface area contributed by atoms with Crippen molar-refractivity contribution < 1.29 is 23.8 Å². The summed E-state index contributed by atoms with van der Waals surface area (Å²) < 4.78 is 16.9. The number of rotatable bonds is 9. The first-order valence-electron chi connectivity index (χ1n) is 13.0. The Morgan fingerprint density at radius 3 is 3.00 bits per heavy atom. The summed E-state index contributed by atoms with van der Waals surface area (Å²) in [4.78, 5) is 34.5. The Morgan fingerprint density at radius 2 is 2.16 bits per heavy atom. The van der Waals surface area contributed by atoms with Crippen molar-refractivity contribution in [2.45, 2.75) is 44.8 Å². The van der Waals surface area contributed by atoms with Crippen molar-refractivity contribution in [1.29, 1.82) is 0 Å². The molecule has 2 saturated heterocycles. The van der Waals surface area contributed by atoms with Crippen molar-refractivity contribution >= 4 is 23.6 Å². The van der Waals surface area contributed by atoms with E-state index in [1.54, 1.807) is 12.1 Å². The number of nitrogens with one attached hydrogen (secondary N) is 3. The van der Waals surface area contributed by atoms with Gasteiger partial charge in [-0.05, 0) is 81.4 Å². The number of hydrogen-bond acceptors (Lipinski definition) is 9. The van der Waals surface area contributed by atoms with Gasteiger partial charge in [0.1, 0.15) is 18.5 Å². The maximum absolute atomic E-state index is 12.5. The van der Waals surface area contributed by atoms with E-state index in [0.717, 1.165) is 44.8 Å². The van der Waals surface area contributed by atoms with Crippen molar-refractivity contribution in [2.75, 3.05) is 49.6 Å². The molecule has 2 aromatic rings. The van der Waals surface area contributed by atoms with E-state index in [1.807, 2.05) is 6.20 Å². The summed E-state index contributed by atoms with van der Waals surface area (Å²) in [5.41, 5.74) is 3.86. The van der Waals surface area contributed by atoms with Crippen LogP contribution in [-0.2, 0) is 22.4 Å². The van der Waals surface area contributed by atoms with Crippen LogP contribution >= 0.6 is 0 Å². The molecule has 0 aromatic carbocycles. The lowest BCUT2D eigenvalue weighted by molar-refractivity contribution is -0.118. The van der Waals surface area contributed by atoms with E-state index in [-0.39, 0.29) is 18.6 Å². The molecule has 2 unspecified atom stereocenters. The van der Waals surface area contributed by atoms with E-state index in [9.17, 15) is 9.59 Å². The Balaban J connectivity index is 0.958. The average Bonchev–Trinajstić information content (AvgIpc) is 3.45. The number of fused-ring (bicyclic) bond motifs is 2. The molecule has 2 amide bonds. The fourth-order valence-electron chi connectivity index (χ4n) is 5.31. The summed E-state index contributed by atoms with van der Waals surface area (Å²) in [6.07, 6.45) is 5.23. The molecule has 2 fully saturated rings. The van der Waals surface area contributed by atoms with E-state index in [2.05, 4.69) is 32.8 Å². The highest BCUT2D eigenvalue weighted by atomic mass is 16.6. The van der Waals surface area contributed by atoms with Crippen molar-refractivity contribution in [3.05, 3.63) is 35.0 Å². The summed E-state index contributed by atoms with van der Waals surface area (Å²) in [6.45, 7) is 5.89. The van der Waals surface area contributed by atoms with Crippen molar-refractivity contribution in [2.24, 2.45) is 5.92 Å². The molecule has 37 heavy (non-hydrogen) atoms. The maximum Gasteiger partial charge on any atom is 0.415 e. The predicted molar refractivity (Wildman–Crippen MR) is 135 cm³/mol. The van der Waals surface area contributed by atoms with E-state index in [0.29, 0.717) is 48.9 Å². The van der Waals surface area contributed by atoms with Crippen LogP contribution in [0.3, 0.4) is 0 Å². The van der Waals surface area contributed by atoms with Crippen LogP contribution in [0.15, 0.2) is 18.3 Å². The molecule has 3 N–H and O–H groups in total. The maximum atomic E-state index is 12.5. The van der Waals surface area contributed by atoms with Gasteiger partial charge in [-0.2, -0.15) is 0 Å². The molecule has 4 aliphatic rings. The number of cyclic esters (lactones) is 1. The molecule has 3 aliphatic heterocycles. The Kier molecular flexibility index (Phi) is 6.56. The lowest BCUT2D eigenvalue weighted by Crippen LogP contribution is -2.46. The molecule has 0 spiro atoms. The van der Waals surface area contributed by atoms with Crippen LogP contribution in [0.4, 0.5) is 16.4 Å². The molecular formula is C26H32N6O5. The summed E-state index contributed by atoms with van der Waals surface area (Å²) in [6, 6.07) is 3.86. The second-order valence-electron chi connectivity index (χ2n) is 10.2. The molecule has 0 radical (unpaired) electrons. The predicted octanol–water partition coefficient (Wildman–Crippen LogP) is 1.58. The average molecular weight is 509 g/mol. The third kappa shape index (κ3) is 5.05. The van der Waals surface area contributed by atoms with Gasteiger partial charge in [-0.3, -0.25) is 9.69 Å². The number of pyridine rings is 2. The summed E-state index contributed by atoms with van der Waals surface area (Å²) in [7, 11) is 0. The first-order valence-corrected chi connectivity index (χ1v) is 13.0. The standard InChI is InChI=1S/C26H32N6O5/c1-15-20-9-16(8-17(20)11-29-25(15)36-13-18-4-7-28-18)10-27-6-5-19-12-32(26(34)37-19)22-3-2-21-24(30-22)31-23(33)14-35-21/h2-3,11,16,18-19,27-28H,4-10,12-14H2,1H3,(H,30,31,33)/t16?,18-,19?/m0/s1. The molecule has 5 heterocycles. The van der Waals surface area contributed by atoms with Gasteiger partial charge in [-0.15, -0.1) is 0 Å². The fourth-order valence-corrected chi connectivity index (χ4v) is 5.31. The molecule has 3 atom stereocenters. The first-order chi connectivity index (χ1) is 18.0. The van der Waals surface area contributed by atoms with E-state index in [4.69, 9.17) is 14.2 Å². The van der Waals surface area contributed by atoms with Gasteiger partial charge in [0.25, 0.3) is 5.91 Å². The zero-order chi connectivity index (χ0) is 25.4.